The van der Waals surface area contributed by atoms with Crippen LogP contribution in [0, 0.1) is 0 Å². The zero-order chi connectivity index (χ0) is 14.1. The normalized spacial score (nSPS) is 9.55. The summed E-state index contributed by atoms with van der Waals surface area (Å²) >= 11 is 0. The Kier molecular flexibility index (Phi) is 9.59. The highest BCUT2D eigenvalue weighted by molar-refractivity contribution is 5.85. The van der Waals surface area contributed by atoms with Crippen LogP contribution in [0.3, 0.4) is 0 Å². The lowest BCUT2D eigenvalue weighted by molar-refractivity contribution is -0.120. The fourth-order valence-corrected chi connectivity index (χ4v) is 1.71. The zero-order valence-corrected chi connectivity index (χ0v) is 13.0. The number of hydrogen-bond donors (Lipinski definition) is 2. The van der Waals surface area contributed by atoms with Gasteiger partial charge in [0.15, 0.2) is 11.5 Å². The molecule has 0 aliphatic rings. The molecule has 6 heteroatoms. The predicted molar refractivity (Wildman–Crippen MR) is 82.1 cm³/mol. The molecule has 0 unspecified atom stereocenters. The summed E-state index contributed by atoms with van der Waals surface area (Å²) in [7, 11) is 3.17. The van der Waals surface area contributed by atoms with Gasteiger partial charge in [-0.2, -0.15) is 0 Å². The quantitative estimate of drug-likeness (QED) is 0.713. The molecule has 0 bridgehead atoms. The summed E-state index contributed by atoms with van der Waals surface area (Å²) in [5, 5.41) is 6.01. The third-order valence-electron chi connectivity index (χ3n) is 2.69. The van der Waals surface area contributed by atoms with Gasteiger partial charge in [0, 0.05) is 13.1 Å². The Labute approximate surface area is 126 Å². The van der Waals surface area contributed by atoms with E-state index in [1.165, 1.54) is 0 Å². The Hall–Kier alpha value is -1.46. The fraction of sp³-hybridized carbons (Fsp3) is 0.500. The van der Waals surface area contributed by atoms with E-state index < -0.39 is 0 Å². The molecule has 5 nitrogen and oxygen atoms in total. The van der Waals surface area contributed by atoms with Crippen LogP contribution in [0.5, 0.6) is 11.5 Å². The minimum Gasteiger partial charge on any atom is -0.493 e. The number of hydrogen-bond acceptors (Lipinski definition) is 4. The largest absolute Gasteiger partial charge is 0.493 e. The number of benzene rings is 1. The zero-order valence-electron chi connectivity index (χ0n) is 12.2. The first kappa shape index (κ1) is 18.5. The molecule has 1 rings (SSSR count). The standard InChI is InChI=1S/C14H22N2O3.ClH/c1-4-15-7-8-16-14(17)10-11-5-6-12(18-2)13(9-11)19-3;/h5-6,9,15H,4,7-8,10H2,1-3H3,(H,16,17);1H. The molecule has 114 valence electrons. The lowest BCUT2D eigenvalue weighted by Gasteiger charge is -2.10. The van der Waals surface area contributed by atoms with Crippen LogP contribution in [-0.4, -0.2) is 39.8 Å². The summed E-state index contributed by atoms with van der Waals surface area (Å²) in [5.41, 5.74) is 0.901. The molecule has 1 aromatic rings. The number of methoxy groups -OCH3 is 2. The summed E-state index contributed by atoms with van der Waals surface area (Å²) in [6.45, 7) is 4.37. The van der Waals surface area contributed by atoms with E-state index in [0.29, 0.717) is 24.5 Å². The first-order chi connectivity index (χ1) is 9.21. The van der Waals surface area contributed by atoms with Gasteiger partial charge in [-0.25, -0.2) is 0 Å². The van der Waals surface area contributed by atoms with Crippen molar-refractivity contribution in [1.82, 2.24) is 10.6 Å². The molecular weight excluding hydrogens is 280 g/mol. The molecule has 1 amide bonds. The second-order valence-electron chi connectivity index (χ2n) is 4.07. The molecule has 0 atom stereocenters. The van der Waals surface area contributed by atoms with Crippen molar-refractivity contribution >= 4 is 18.3 Å². The number of amides is 1. The topological polar surface area (TPSA) is 59.6 Å². The van der Waals surface area contributed by atoms with Gasteiger partial charge in [0.05, 0.1) is 20.6 Å². The number of carbonyl (C=O) groups is 1. The predicted octanol–water partition coefficient (Wildman–Crippen LogP) is 1.39. The first-order valence-corrected chi connectivity index (χ1v) is 6.39. The highest BCUT2D eigenvalue weighted by Gasteiger charge is 2.07. The van der Waals surface area contributed by atoms with Crippen molar-refractivity contribution in [3.63, 3.8) is 0 Å². The number of likely N-dealkylation sites (N-methyl/N-ethyl adjacent to an activating group) is 1. The maximum absolute atomic E-state index is 11.7. The summed E-state index contributed by atoms with van der Waals surface area (Å²) < 4.78 is 10.4. The van der Waals surface area contributed by atoms with Gasteiger partial charge in [-0.05, 0) is 24.2 Å². The van der Waals surface area contributed by atoms with E-state index in [1.807, 2.05) is 19.1 Å². The van der Waals surface area contributed by atoms with Crippen LogP contribution in [0.25, 0.3) is 0 Å². The van der Waals surface area contributed by atoms with Crippen LogP contribution < -0.4 is 20.1 Å². The molecule has 0 aliphatic heterocycles. The van der Waals surface area contributed by atoms with Gasteiger partial charge in [-0.3, -0.25) is 4.79 Å². The van der Waals surface area contributed by atoms with Crippen molar-refractivity contribution in [2.75, 3.05) is 33.9 Å². The minimum atomic E-state index is 0. The van der Waals surface area contributed by atoms with Crippen LogP contribution in [-0.2, 0) is 11.2 Å². The maximum atomic E-state index is 11.7. The Balaban J connectivity index is 0.00000361. The molecule has 0 fully saturated rings. The van der Waals surface area contributed by atoms with Crippen LogP contribution in [0.1, 0.15) is 12.5 Å². The molecule has 0 heterocycles. The SMILES string of the molecule is CCNCCNC(=O)Cc1ccc(OC)c(OC)c1.Cl. The lowest BCUT2D eigenvalue weighted by atomic mass is 10.1. The van der Waals surface area contributed by atoms with Gasteiger partial charge in [0.25, 0.3) is 0 Å². The van der Waals surface area contributed by atoms with Gasteiger partial charge >= 0.3 is 0 Å². The molecule has 0 aliphatic carbocycles. The lowest BCUT2D eigenvalue weighted by Crippen LogP contribution is -2.32. The smallest absolute Gasteiger partial charge is 0.224 e. The molecule has 0 spiro atoms. The van der Waals surface area contributed by atoms with E-state index in [-0.39, 0.29) is 18.3 Å². The summed E-state index contributed by atoms with van der Waals surface area (Å²) in [5.74, 6) is 1.31. The van der Waals surface area contributed by atoms with Crippen molar-refractivity contribution in [3.05, 3.63) is 23.8 Å². The van der Waals surface area contributed by atoms with Gasteiger partial charge in [-0.15, -0.1) is 12.4 Å². The van der Waals surface area contributed by atoms with Crippen LogP contribution in [0.4, 0.5) is 0 Å². The van der Waals surface area contributed by atoms with Gasteiger partial charge in [0.2, 0.25) is 5.91 Å². The van der Waals surface area contributed by atoms with Crippen molar-refractivity contribution in [2.45, 2.75) is 13.3 Å². The molecule has 1 aromatic carbocycles. The third-order valence-corrected chi connectivity index (χ3v) is 2.69. The van der Waals surface area contributed by atoms with Crippen molar-refractivity contribution in [2.24, 2.45) is 0 Å². The van der Waals surface area contributed by atoms with E-state index in [0.717, 1.165) is 18.7 Å². The van der Waals surface area contributed by atoms with E-state index in [9.17, 15) is 4.79 Å². The highest BCUT2D eigenvalue weighted by atomic mass is 35.5. The average molecular weight is 303 g/mol. The summed E-state index contributed by atoms with van der Waals surface area (Å²) in [4.78, 5) is 11.7. The van der Waals surface area contributed by atoms with Crippen LogP contribution in [0.2, 0.25) is 0 Å². The Morgan fingerprint density at radius 1 is 1.15 bits per heavy atom. The molecule has 0 radical (unpaired) electrons. The molecule has 0 saturated carbocycles. The highest BCUT2D eigenvalue weighted by Crippen LogP contribution is 2.27. The second-order valence-corrected chi connectivity index (χ2v) is 4.07. The molecule has 0 saturated heterocycles. The molecule has 20 heavy (non-hydrogen) atoms. The van der Waals surface area contributed by atoms with E-state index in [4.69, 9.17) is 9.47 Å². The minimum absolute atomic E-state index is 0. The second kappa shape index (κ2) is 10.3. The van der Waals surface area contributed by atoms with Crippen LogP contribution in [0.15, 0.2) is 18.2 Å². The van der Waals surface area contributed by atoms with Crippen molar-refractivity contribution in [3.8, 4) is 11.5 Å². The van der Waals surface area contributed by atoms with Crippen molar-refractivity contribution < 1.29 is 14.3 Å². The average Bonchev–Trinajstić information content (AvgIpc) is 2.43. The Bertz CT molecular complexity index is 413. The number of carbonyl (C=O) groups excluding carboxylic acids is 1. The number of rotatable bonds is 8. The van der Waals surface area contributed by atoms with Crippen LogP contribution >= 0.6 is 12.4 Å². The number of halogens is 1. The van der Waals surface area contributed by atoms with Gasteiger partial charge < -0.3 is 20.1 Å². The number of ether oxygens (including phenoxy) is 2. The molecule has 2 N–H and O–H groups in total. The maximum Gasteiger partial charge on any atom is 0.224 e. The number of nitrogens with one attached hydrogen (secondary N) is 2. The van der Waals surface area contributed by atoms with Gasteiger partial charge in [0.1, 0.15) is 0 Å². The monoisotopic (exact) mass is 302 g/mol. The summed E-state index contributed by atoms with van der Waals surface area (Å²) in [6.07, 6.45) is 0.340. The molecule has 0 aromatic heterocycles. The third kappa shape index (κ3) is 6.12. The van der Waals surface area contributed by atoms with Gasteiger partial charge in [-0.1, -0.05) is 13.0 Å². The van der Waals surface area contributed by atoms with Crippen molar-refractivity contribution in [1.29, 1.82) is 0 Å². The Morgan fingerprint density at radius 2 is 1.85 bits per heavy atom. The Morgan fingerprint density at radius 3 is 2.45 bits per heavy atom. The first-order valence-electron chi connectivity index (χ1n) is 6.39. The van der Waals surface area contributed by atoms with E-state index >= 15 is 0 Å². The molecular formula is C14H23ClN2O3. The fourth-order valence-electron chi connectivity index (χ4n) is 1.71. The summed E-state index contributed by atoms with van der Waals surface area (Å²) in [6, 6.07) is 5.49. The van der Waals surface area contributed by atoms with E-state index in [1.54, 1.807) is 20.3 Å². The van der Waals surface area contributed by atoms with E-state index in [2.05, 4.69) is 10.6 Å².